The van der Waals surface area contributed by atoms with Crippen molar-refractivity contribution in [2.75, 3.05) is 0 Å². The number of ketones is 2. The van der Waals surface area contributed by atoms with Gasteiger partial charge < -0.3 is 4.57 Å². The summed E-state index contributed by atoms with van der Waals surface area (Å²) >= 11 is 0. The summed E-state index contributed by atoms with van der Waals surface area (Å²) < 4.78 is 15.0. The van der Waals surface area contributed by atoms with E-state index in [0.717, 1.165) is 12.2 Å². The maximum absolute atomic E-state index is 15.0. The minimum Gasteiger partial charge on any atom is -0.302 e. The zero-order valence-corrected chi connectivity index (χ0v) is 23.5. The quantitative estimate of drug-likeness (QED) is 0.171. The van der Waals surface area contributed by atoms with Gasteiger partial charge in [-0.15, -0.1) is 0 Å². The van der Waals surface area contributed by atoms with Crippen molar-refractivity contribution in [3.8, 4) is 0 Å². The van der Waals surface area contributed by atoms with Crippen molar-refractivity contribution in [3.63, 3.8) is 0 Å². The van der Waals surface area contributed by atoms with Crippen LogP contribution in [0.1, 0.15) is 74.8 Å². The number of aryl methyl sites for hydroxylation is 4. The lowest BCUT2D eigenvalue weighted by molar-refractivity contribution is 0.103. The summed E-state index contributed by atoms with van der Waals surface area (Å²) in [5, 5.41) is 0.0851. The Morgan fingerprint density at radius 2 is 0.947 bits per heavy atom. The van der Waals surface area contributed by atoms with E-state index in [0.29, 0.717) is 44.5 Å². The molecule has 3 rings (SSSR count). The molecule has 0 N–H and O–H groups in total. The van der Waals surface area contributed by atoms with Crippen molar-refractivity contribution < 1.29 is 23.7 Å². The van der Waals surface area contributed by atoms with E-state index in [9.17, 15) is 23.7 Å². The molecular weight excluding hydrogens is 495 g/mol. The number of allylic oxidation sites excluding steroid dienone is 2. The molecule has 0 bridgehead atoms. The molecule has 0 aliphatic carbocycles. The Hall–Kier alpha value is -3.95. The first kappa shape index (κ1) is 28.6. The van der Waals surface area contributed by atoms with E-state index in [1.807, 2.05) is 0 Å². The van der Waals surface area contributed by atoms with Gasteiger partial charge in [0.2, 0.25) is 18.2 Å². The number of carbonyl (C=O) groups excluding carboxylic acids is 4. The first-order chi connectivity index (χ1) is 17.8. The molecule has 0 aromatic heterocycles. The van der Waals surface area contributed by atoms with Gasteiger partial charge in [-0.25, -0.2) is 0 Å². The van der Waals surface area contributed by atoms with Crippen LogP contribution in [0.4, 0.5) is 0 Å². The third-order valence-corrected chi connectivity index (χ3v) is 9.54. The van der Waals surface area contributed by atoms with Crippen LogP contribution < -0.4 is 5.30 Å². The summed E-state index contributed by atoms with van der Waals surface area (Å²) in [6.45, 7) is 17.2. The second-order valence-electron chi connectivity index (χ2n) is 9.46. The van der Waals surface area contributed by atoms with Crippen LogP contribution in [-0.4, -0.2) is 22.6 Å². The van der Waals surface area contributed by atoms with Crippen LogP contribution in [0.15, 0.2) is 67.8 Å². The zero-order chi connectivity index (χ0) is 28.5. The predicted molar refractivity (Wildman–Crippen MR) is 153 cm³/mol. The van der Waals surface area contributed by atoms with E-state index in [1.54, 1.807) is 71.9 Å². The minimum atomic E-state index is -4.50. The van der Waals surface area contributed by atoms with E-state index >= 15 is 0 Å². The van der Waals surface area contributed by atoms with E-state index in [1.165, 1.54) is 12.1 Å². The molecule has 0 aliphatic heterocycles. The average Bonchev–Trinajstić information content (AvgIpc) is 2.87. The fourth-order valence-electron chi connectivity index (χ4n) is 5.27. The summed E-state index contributed by atoms with van der Waals surface area (Å²) in [7, 11) is -4.50. The van der Waals surface area contributed by atoms with Crippen molar-refractivity contribution in [1.29, 1.82) is 0 Å². The molecule has 194 valence electrons. The summed E-state index contributed by atoms with van der Waals surface area (Å²) in [4.78, 5) is 54.0. The van der Waals surface area contributed by atoms with E-state index in [2.05, 4.69) is 13.2 Å². The summed E-state index contributed by atoms with van der Waals surface area (Å²) in [5.41, 5.74) is 2.06. The van der Waals surface area contributed by atoms with Crippen LogP contribution in [0.5, 0.6) is 0 Å². The molecule has 3 aromatic carbocycles. The van der Waals surface area contributed by atoms with E-state index in [-0.39, 0.29) is 28.0 Å². The van der Waals surface area contributed by atoms with E-state index in [4.69, 9.17) is 0 Å². The number of hydrogen-bond donors (Lipinski definition) is 0. The van der Waals surface area contributed by atoms with Crippen LogP contribution in [-0.2, 0) is 4.57 Å². The van der Waals surface area contributed by atoms with E-state index < -0.39 is 18.2 Å². The highest BCUT2D eigenvalue weighted by Crippen LogP contribution is 2.53. The van der Waals surface area contributed by atoms with Gasteiger partial charge in [-0.3, -0.25) is 19.2 Å². The summed E-state index contributed by atoms with van der Waals surface area (Å²) in [6, 6.07) is 11.3. The van der Waals surface area contributed by atoms with Gasteiger partial charge in [0.15, 0.2) is 11.6 Å². The second kappa shape index (κ2) is 10.8. The third-order valence-electron chi connectivity index (χ3n) is 6.93. The number of carbonyl (C=O) groups is 4. The van der Waals surface area contributed by atoms with Crippen molar-refractivity contribution >= 4 is 35.1 Å². The molecule has 0 heterocycles. The molecule has 5 nitrogen and oxygen atoms in total. The fourth-order valence-corrected chi connectivity index (χ4v) is 7.83. The molecule has 6 heteroatoms. The highest BCUT2D eigenvalue weighted by atomic mass is 31.2. The van der Waals surface area contributed by atoms with Crippen LogP contribution in [0.25, 0.3) is 0 Å². The molecule has 0 atom stereocenters. The number of benzene rings is 3. The Morgan fingerprint density at radius 3 is 1.29 bits per heavy atom. The Balaban J connectivity index is 2.42. The lowest BCUT2D eigenvalue weighted by Gasteiger charge is -2.23. The van der Waals surface area contributed by atoms with Crippen molar-refractivity contribution in [1.82, 2.24) is 0 Å². The highest BCUT2D eigenvalue weighted by molar-refractivity contribution is 8.01. The monoisotopic (exact) mass is 526 g/mol. The molecular formula is C32H31O5P. The van der Waals surface area contributed by atoms with Crippen LogP contribution in [0.3, 0.4) is 0 Å². The van der Waals surface area contributed by atoms with Gasteiger partial charge in [0, 0.05) is 27.6 Å². The normalized spacial score (nSPS) is 11.1. The van der Waals surface area contributed by atoms with Crippen LogP contribution in [0, 0.1) is 41.5 Å². The second-order valence-corrected chi connectivity index (χ2v) is 12.0. The first-order valence-electron chi connectivity index (χ1n) is 12.1. The molecule has 0 saturated heterocycles. The standard InChI is InChI=1S/C32H31O5P/c1-9-25(33)27-18(3)16-20(5)29(22(27)7)31(35)38(37,24-14-12-11-13-15-24)32(36)30-21(6)17-19(4)28(23(30)8)26(34)10-2/h9-17H,1-2H2,3-8H3. The van der Waals surface area contributed by atoms with Gasteiger partial charge in [0.1, 0.15) is 0 Å². The lowest BCUT2D eigenvalue weighted by Crippen LogP contribution is -2.24. The van der Waals surface area contributed by atoms with Crippen molar-refractivity contribution in [2.24, 2.45) is 0 Å². The Bertz CT molecular complexity index is 1490. The predicted octanol–water partition coefficient (Wildman–Crippen LogP) is 6.94. The van der Waals surface area contributed by atoms with Gasteiger partial charge in [-0.2, -0.15) is 0 Å². The van der Waals surface area contributed by atoms with Crippen molar-refractivity contribution in [3.05, 3.63) is 123 Å². The van der Waals surface area contributed by atoms with Crippen molar-refractivity contribution in [2.45, 2.75) is 41.5 Å². The zero-order valence-electron chi connectivity index (χ0n) is 22.6. The fraction of sp³-hybridized carbons (Fsp3) is 0.188. The molecule has 0 aliphatic rings. The summed E-state index contributed by atoms with van der Waals surface area (Å²) in [5.74, 6) is -0.736. The highest BCUT2D eigenvalue weighted by Gasteiger charge is 2.45. The lowest BCUT2D eigenvalue weighted by atomic mass is 9.91. The van der Waals surface area contributed by atoms with Crippen LogP contribution >= 0.6 is 7.14 Å². The largest absolute Gasteiger partial charge is 0.302 e. The Labute approximate surface area is 223 Å². The third kappa shape index (κ3) is 4.59. The number of hydrogen-bond acceptors (Lipinski definition) is 5. The van der Waals surface area contributed by atoms with Gasteiger partial charge in [-0.1, -0.05) is 55.6 Å². The molecule has 38 heavy (non-hydrogen) atoms. The molecule has 0 spiro atoms. The van der Waals surface area contributed by atoms with Gasteiger partial charge in [-0.05, 0) is 87.1 Å². The maximum atomic E-state index is 15.0. The first-order valence-corrected chi connectivity index (χ1v) is 13.8. The molecule has 0 fully saturated rings. The molecule has 0 saturated carbocycles. The average molecular weight is 527 g/mol. The minimum absolute atomic E-state index is 0.0751. The molecule has 0 radical (unpaired) electrons. The molecule has 0 unspecified atom stereocenters. The molecule has 3 aromatic rings. The van der Waals surface area contributed by atoms with Gasteiger partial charge in [0.05, 0.1) is 0 Å². The van der Waals surface area contributed by atoms with Crippen LogP contribution in [0.2, 0.25) is 0 Å². The number of rotatable bonds is 9. The van der Waals surface area contributed by atoms with Gasteiger partial charge in [0.25, 0.3) is 0 Å². The van der Waals surface area contributed by atoms with Gasteiger partial charge >= 0.3 is 0 Å². The maximum Gasteiger partial charge on any atom is 0.248 e. The Kier molecular flexibility index (Phi) is 8.14. The smallest absolute Gasteiger partial charge is 0.248 e. The Morgan fingerprint density at radius 1 is 0.605 bits per heavy atom. The summed E-state index contributed by atoms with van der Waals surface area (Å²) in [6.07, 6.45) is 2.33. The molecule has 0 amide bonds. The topological polar surface area (TPSA) is 85.3 Å². The SMILES string of the molecule is C=CC(=O)c1c(C)cc(C)c(C(=O)P(=O)(C(=O)c2c(C)cc(C)c(C(=O)C=C)c2C)c2ccccc2)c1C.